The molecule has 0 amide bonds. The van der Waals surface area contributed by atoms with Crippen LogP contribution in [0.4, 0.5) is 0 Å². The zero-order chi connectivity index (χ0) is 19.9. The predicted molar refractivity (Wildman–Crippen MR) is 122 cm³/mol. The molecule has 142 valence electrons. The summed E-state index contributed by atoms with van der Waals surface area (Å²) in [4.78, 5) is 8.63. The molecule has 0 unspecified atom stereocenters. The molecule has 0 aliphatic rings. The molecule has 3 heterocycles. The topological polar surface area (TPSA) is 46.5 Å². The van der Waals surface area contributed by atoms with Gasteiger partial charge in [0.2, 0.25) is 0 Å². The maximum atomic E-state index is 4.97. The van der Waals surface area contributed by atoms with Crippen LogP contribution in [0.5, 0.6) is 0 Å². The third kappa shape index (κ3) is 2.62. The van der Waals surface area contributed by atoms with Gasteiger partial charge in [-0.3, -0.25) is 0 Å². The van der Waals surface area contributed by atoms with Gasteiger partial charge in [-0.15, -0.1) is 0 Å². The summed E-state index contributed by atoms with van der Waals surface area (Å²) in [6, 6.07) is 31.1. The van der Waals surface area contributed by atoms with Crippen LogP contribution in [-0.2, 0) is 0 Å². The van der Waals surface area contributed by atoms with Crippen LogP contribution >= 0.6 is 0 Å². The van der Waals surface area contributed by atoms with Gasteiger partial charge < -0.3 is 4.98 Å². The molecule has 4 heteroatoms. The summed E-state index contributed by atoms with van der Waals surface area (Å²) in [6.45, 7) is 0. The van der Waals surface area contributed by atoms with Crippen molar-refractivity contribution in [3.05, 3.63) is 103 Å². The first-order valence-corrected chi connectivity index (χ1v) is 9.95. The van der Waals surface area contributed by atoms with Gasteiger partial charge in [0, 0.05) is 34.3 Å². The normalized spacial score (nSPS) is 11.3. The number of benzene rings is 3. The van der Waals surface area contributed by atoms with E-state index in [1.165, 1.54) is 10.8 Å². The highest BCUT2D eigenvalue weighted by atomic mass is 15.3. The van der Waals surface area contributed by atoms with Gasteiger partial charge in [-0.25, -0.2) is 9.67 Å². The number of para-hydroxylation sites is 2. The van der Waals surface area contributed by atoms with Crippen LogP contribution in [0.1, 0.15) is 0 Å². The Balaban J connectivity index is 1.58. The minimum Gasteiger partial charge on any atom is -0.352 e. The Morgan fingerprint density at radius 3 is 2.23 bits per heavy atom. The number of hydrogen-bond donors (Lipinski definition) is 1. The number of nitrogens with zero attached hydrogens (tertiary/aromatic N) is 3. The quantitative estimate of drug-likeness (QED) is 0.391. The molecule has 0 radical (unpaired) electrons. The summed E-state index contributed by atoms with van der Waals surface area (Å²) in [6.07, 6.45) is 3.76. The fourth-order valence-electron chi connectivity index (χ4n) is 4.10. The third-order valence-electron chi connectivity index (χ3n) is 5.49. The second-order valence-corrected chi connectivity index (χ2v) is 7.28. The Hall–Kier alpha value is -4.18. The summed E-state index contributed by atoms with van der Waals surface area (Å²) in [5.74, 6) is 0. The van der Waals surface area contributed by atoms with E-state index in [9.17, 15) is 0 Å². The van der Waals surface area contributed by atoms with Crippen molar-refractivity contribution in [2.45, 2.75) is 0 Å². The van der Waals surface area contributed by atoms with Crippen LogP contribution < -0.4 is 0 Å². The molecule has 0 aliphatic carbocycles. The highest BCUT2D eigenvalue weighted by molar-refractivity contribution is 6.13. The Bertz CT molecular complexity index is 1480. The van der Waals surface area contributed by atoms with Crippen molar-refractivity contribution in [2.75, 3.05) is 0 Å². The zero-order valence-electron chi connectivity index (χ0n) is 16.2. The van der Waals surface area contributed by atoms with Gasteiger partial charge in [0.05, 0.1) is 28.1 Å². The molecule has 3 aromatic carbocycles. The van der Waals surface area contributed by atoms with E-state index in [-0.39, 0.29) is 0 Å². The van der Waals surface area contributed by atoms with Crippen LogP contribution in [0.2, 0.25) is 0 Å². The van der Waals surface area contributed by atoms with E-state index >= 15 is 0 Å². The zero-order valence-corrected chi connectivity index (χ0v) is 16.2. The number of H-pyrrole nitrogens is 1. The van der Waals surface area contributed by atoms with Crippen molar-refractivity contribution < 1.29 is 0 Å². The second-order valence-electron chi connectivity index (χ2n) is 7.28. The van der Waals surface area contributed by atoms with Crippen LogP contribution in [0, 0.1) is 0 Å². The molecule has 6 rings (SSSR count). The number of nitrogens with one attached hydrogen (secondary N) is 1. The minimum absolute atomic E-state index is 0.953. The lowest BCUT2D eigenvalue weighted by molar-refractivity contribution is 0.886. The maximum absolute atomic E-state index is 4.97. The largest absolute Gasteiger partial charge is 0.352 e. The number of aromatic nitrogens is 4. The molecule has 6 aromatic rings. The first-order valence-electron chi connectivity index (χ1n) is 9.95. The number of fused-ring (bicyclic) bond motifs is 3. The van der Waals surface area contributed by atoms with E-state index in [1.807, 2.05) is 35.1 Å². The average Bonchev–Trinajstić information content (AvgIpc) is 3.48. The standard InChI is InChI=1S/C26H18N4/c1-2-8-18(9-3-1)22-13-6-14-23(28-22)21-12-4-10-19-20-11-5-15-24(26(20)29-25(19)21)30-17-7-16-27-30/h1-17,29H. The van der Waals surface area contributed by atoms with Crippen LogP contribution in [0.15, 0.2) is 103 Å². The molecule has 0 spiro atoms. The number of hydrogen-bond acceptors (Lipinski definition) is 2. The third-order valence-corrected chi connectivity index (χ3v) is 5.49. The molecule has 30 heavy (non-hydrogen) atoms. The van der Waals surface area contributed by atoms with Crippen molar-refractivity contribution in [3.8, 4) is 28.2 Å². The molecule has 0 fully saturated rings. The average molecular weight is 386 g/mol. The Labute approximate surface area is 173 Å². The van der Waals surface area contributed by atoms with Gasteiger partial charge in [-0.05, 0) is 24.3 Å². The molecule has 0 aliphatic heterocycles. The Morgan fingerprint density at radius 2 is 1.40 bits per heavy atom. The van der Waals surface area contributed by atoms with Gasteiger partial charge in [-0.2, -0.15) is 5.10 Å². The summed E-state index contributed by atoms with van der Waals surface area (Å²) in [5, 5.41) is 6.78. The van der Waals surface area contributed by atoms with Gasteiger partial charge in [0.15, 0.2) is 0 Å². The van der Waals surface area contributed by atoms with Crippen LogP contribution in [-0.4, -0.2) is 19.7 Å². The SMILES string of the molecule is c1ccc(-c2cccc(-c3cccc4c3[nH]c3c(-n5cccn5)cccc34)n2)cc1. The minimum atomic E-state index is 0.953. The lowest BCUT2D eigenvalue weighted by Crippen LogP contribution is -1.94. The molecule has 0 saturated carbocycles. The van der Waals surface area contributed by atoms with E-state index in [2.05, 4.69) is 76.8 Å². The lowest BCUT2D eigenvalue weighted by Gasteiger charge is -2.06. The molecule has 4 nitrogen and oxygen atoms in total. The Morgan fingerprint density at radius 1 is 0.633 bits per heavy atom. The molecule has 0 atom stereocenters. The summed E-state index contributed by atoms with van der Waals surface area (Å²) in [5.41, 5.74) is 7.32. The second kappa shape index (κ2) is 6.71. The predicted octanol–water partition coefficient (Wildman–Crippen LogP) is 6.24. The van der Waals surface area contributed by atoms with Crippen molar-refractivity contribution >= 4 is 21.8 Å². The Kier molecular flexibility index (Phi) is 3.74. The molecule has 0 saturated heterocycles. The van der Waals surface area contributed by atoms with E-state index in [1.54, 1.807) is 6.20 Å². The van der Waals surface area contributed by atoms with Crippen molar-refractivity contribution in [1.29, 1.82) is 0 Å². The number of rotatable bonds is 3. The maximum Gasteiger partial charge on any atom is 0.0886 e. The van der Waals surface area contributed by atoms with E-state index in [0.29, 0.717) is 0 Å². The van der Waals surface area contributed by atoms with Crippen molar-refractivity contribution in [2.24, 2.45) is 0 Å². The summed E-state index contributed by atoms with van der Waals surface area (Å²) >= 11 is 0. The van der Waals surface area contributed by atoms with E-state index < -0.39 is 0 Å². The highest BCUT2D eigenvalue weighted by Gasteiger charge is 2.14. The van der Waals surface area contributed by atoms with E-state index in [4.69, 9.17) is 4.98 Å². The first kappa shape index (κ1) is 16.7. The molecular weight excluding hydrogens is 368 g/mol. The monoisotopic (exact) mass is 386 g/mol. The molecule has 1 N–H and O–H groups in total. The smallest absolute Gasteiger partial charge is 0.0886 e. The summed E-state index contributed by atoms with van der Waals surface area (Å²) < 4.78 is 1.89. The van der Waals surface area contributed by atoms with Gasteiger partial charge in [-0.1, -0.05) is 66.7 Å². The fourth-order valence-corrected chi connectivity index (χ4v) is 4.10. The summed E-state index contributed by atoms with van der Waals surface area (Å²) in [7, 11) is 0. The van der Waals surface area contributed by atoms with Crippen molar-refractivity contribution in [3.63, 3.8) is 0 Å². The molecular formula is C26H18N4. The van der Waals surface area contributed by atoms with E-state index in [0.717, 1.165) is 39.2 Å². The molecule has 3 aromatic heterocycles. The van der Waals surface area contributed by atoms with Crippen molar-refractivity contribution in [1.82, 2.24) is 19.7 Å². The molecule has 0 bridgehead atoms. The highest BCUT2D eigenvalue weighted by Crippen LogP contribution is 2.35. The number of aromatic amines is 1. The van der Waals surface area contributed by atoms with Gasteiger partial charge in [0.1, 0.15) is 0 Å². The number of pyridine rings is 1. The van der Waals surface area contributed by atoms with Gasteiger partial charge >= 0.3 is 0 Å². The van der Waals surface area contributed by atoms with Gasteiger partial charge in [0.25, 0.3) is 0 Å². The fraction of sp³-hybridized carbons (Fsp3) is 0. The first-order chi connectivity index (χ1) is 14.9. The van der Waals surface area contributed by atoms with Crippen LogP contribution in [0.3, 0.4) is 0 Å². The van der Waals surface area contributed by atoms with Crippen LogP contribution in [0.25, 0.3) is 50.0 Å². The lowest BCUT2D eigenvalue weighted by atomic mass is 10.0.